The Morgan fingerprint density at radius 1 is 0.350 bits per heavy atom. The van der Waals surface area contributed by atoms with Gasteiger partial charge in [-0.2, -0.15) is 0 Å². The highest BCUT2D eigenvalue weighted by Crippen LogP contribution is 2.34. The summed E-state index contributed by atoms with van der Waals surface area (Å²) in [6.45, 7) is 2.33. The molecule has 15 aromatic rings. The molecule has 0 aliphatic carbocycles. The molecule has 0 radical (unpaired) electrons. The van der Waals surface area contributed by atoms with Crippen LogP contribution in [0.1, 0.15) is 126 Å². The van der Waals surface area contributed by atoms with Gasteiger partial charge in [-0.3, -0.25) is 67.3 Å². The predicted molar refractivity (Wildman–Crippen MR) is 543 cm³/mol. The number of amides is 5. The number of hydrogen-bond acceptors (Lipinski definition) is 24. The topological polar surface area (TPSA) is 459 Å². The number of aliphatic hydroxyl groups excluding tert-OH is 5. The fourth-order valence-electron chi connectivity index (χ4n) is 14.4. The third kappa shape index (κ3) is 25.2. The molecule has 0 spiro atoms. The highest BCUT2D eigenvalue weighted by Gasteiger charge is 2.32. The Kier molecular flexibility index (Phi) is 38.6. The zero-order valence-corrected chi connectivity index (χ0v) is 85.9. The molecule has 15 rings (SSSR count). The van der Waals surface area contributed by atoms with Gasteiger partial charge in [0.05, 0.1) is 111 Å². The Balaban J connectivity index is 0.000000164. The van der Waals surface area contributed by atoms with Crippen molar-refractivity contribution in [1.29, 1.82) is 0 Å². The molecule has 34 nitrogen and oxygen atoms in total. The van der Waals surface area contributed by atoms with E-state index in [0.717, 1.165) is 29.0 Å². The monoisotopic (exact) mass is 2490 g/mol. The van der Waals surface area contributed by atoms with E-state index >= 15 is 0 Å². The number of aliphatic hydroxyl groups is 5. The number of furan rings is 5. The Labute approximate surface area is 853 Å². The van der Waals surface area contributed by atoms with E-state index in [1.54, 1.807) is 71.4 Å². The second kappa shape index (κ2) is 49.4. The third-order valence-electron chi connectivity index (χ3n) is 21.2. The van der Waals surface area contributed by atoms with Gasteiger partial charge in [-0.25, -0.2) is 35.1 Å². The molecule has 10 aromatic heterocycles. The lowest BCUT2D eigenvalue weighted by molar-refractivity contribution is 0.0165. The van der Waals surface area contributed by atoms with E-state index in [0.29, 0.717) is 72.1 Å². The van der Waals surface area contributed by atoms with Gasteiger partial charge in [0.25, 0.3) is 57.3 Å². The molecule has 10 N–H and O–H groups in total. The molecule has 0 atom stereocenters. The number of pyridine rings is 5. The molecular weight excluding hydrogens is 2400 g/mol. The van der Waals surface area contributed by atoms with Crippen LogP contribution in [0.3, 0.4) is 0 Å². The summed E-state index contributed by atoms with van der Waals surface area (Å²) in [6, 6.07) is 29.9. The van der Waals surface area contributed by atoms with Gasteiger partial charge in [0, 0.05) is 148 Å². The summed E-state index contributed by atoms with van der Waals surface area (Å²) < 4.78 is 81.4. The minimum Gasteiger partial charge on any atom is -0.463 e. The lowest BCUT2D eigenvalue weighted by Gasteiger charge is -2.16. The number of fused-ring (bicyclic) bond motifs is 5. The first kappa shape index (κ1) is 107. The smallest absolute Gasteiger partial charge is 0.280 e. The number of aryl methyl sites for hydroxylation is 2. The van der Waals surface area contributed by atoms with E-state index in [1.165, 1.54) is 105 Å². The Morgan fingerprint density at radius 2 is 0.606 bits per heavy atom. The first-order chi connectivity index (χ1) is 65.5. The summed E-state index contributed by atoms with van der Waals surface area (Å²) >= 11 is 23.0. The first-order valence-electron chi connectivity index (χ1n) is 41.2. The van der Waals surface area contributed by atoms with Crippen LogP contribution in [0.25, 0.3) is 54.8 Å². The van der Waals surface area contributed by atoms with Crippen molar-refractivity contribution in [3.05, 3.63) is 333 Å². The van der Waals surface area contributed by atoms with Crippen molar-refractivity contribution in [2.75, 3.05) is 66.0 Å². The first-order valence-corrected chi connectivity index (χ1v) is 47.3. The van der Waals surface area contributed by atoms with Gasteiger partial charge in [-0.15, -0.1) is 0 Å². The zero-order chi connectivity index (χ0) is 99.5. The standard InChI is InChI=1S/C19H18ClIN2O5.C19H18FIN2O5.C19H18FIN2O4.C18H16ClIN2O5.C18H16FIN2O5/c2*1-10-9-27-17-15(10)19(26)23(2)14(16(17)18(25)22-28-6-5-24)7-11-3-4-12(21)8-13(11)20;1-23-15(9-11-3-4-12(21)10-14(11)20)16(18(25)22-6-2-7-24)17-13(19(23)26)5-8-27-17;2*1-22-14(8-10-2-3-11(20)9-13(10)19)15(17(24)21-27-7-5-23)16-12(18(22)25)4-6-26-16/h2*3-4,8-9,24H,5-7H2,1-2H3,(H,22,25);3-5,8,10,24H,2,6-7,9H2,1H3,(H,22,25);2*2-4,6,9,23H,5,7-8H2,1H3,(H,21,24). The molecule has 5 amide bonds. The van der Waals surface area contributed by atoms with Crippen LogP contribution in [0, 0.1) is 49.2 Å². The van der Waals surface area contributed by atoms with Gasteiger partial charge >= 0.3 is 0 Å². The van der Waals surface area contributed by atoms with Crippen LogP contribution in [0.15, 0.2) is 187 Å². The molecule has 0 aliphatic heterocycles. The minimum atomic E-state index is -0.653. The molecule has 0 bridgehead atoms. The average Bonchev–Trinajstić information content (AvgIpc) is 1.70. The van der Waals surface area contributed by atoms with E-state index in [9.17, 15) is 61.1 Å². The number of benzene rings is 5. The summed E-state index contributed by atoms with van der Waals surface area (Å²) in [5, 5.41) is 49.4. The van der Waals surface area contributed by atoms with Crippen molar-refractivity contribution in [2.24, 2.45) is 35.2 Å². The Morgan fingerprint density at radius 3 is 0.876 bits per heavy atom. The van der Waals surface area contributed by atoms with Crippen molar-refractivity contribution in [3.8, 4) is 0 Å². The fraction of sp³-hybridized carbons (Fsp3) is 0.247. The largest absolute Gasteiger partial charge is 0.463 e. The highest BCUT2D eigenvalue weighted by atomic mass is 127. The third-order valence-corrected chi connectivity index (χ3v) is 25.3. The lowest BCUT2D eigenvalue weighted by atomic mass is 10.0. The number of nitrogens with one attached hydrogen (secondary N) is 5. The number of aromatic nitrogens is 5. The number of hydroxylamine groups is 4. The molecule has 0 fully saturated rings. The number of hydrogen-bond donors (Lipinski definition) is 10. The zero-order valence-electron chi connectivity index (χ0n) is 73.6. The normalized spacial score (nSPS) is 11.1. The maximum Gasteiger partial charge on any atom is 0.280 e. The number of nitrogens with zero attached hydrogens (tertiary/aromatic N) is 5. The maximum atomic E-state index is 14.4. The summed E-state index contributed by atoms with van der Waals surface area (Å²) in [4.78, 5) is 147. The SMILES string of the molecule is Cc1coc2c(C(=O)NOCCO)c(Cc3ccc(I)cc3Cl)n(C)c(=O)c12.Cc1coc2c(C(=O)NOCCO)c(Cc3ccc(I)cc3F)n(C)c(=O)c12.Cn1c(Cc2ccc(I)cc2Cl)c(C(=O)NOCCO)c2occc2c1=O.Cn1c(Cc2ccc(I)cc2F)c(C(=O)NCCCO)c2occc2c1=O.Cn1c(Cc2ccc(I)cc2F)c(C(=O)NOCCO)c2occc2c1=O. The number of halogens is 10. The van der Waals surface area contributed by atoms with Gasteiger partial charge in [-0.05, 0) is 240 Å². The second-order valence-corrected chi connectivity index (χ2v) is 37.1. The molecule has 44 heteroatoms. The summed E-state index contributed by atoms with van der Waals surface area (Å²) in [5.41, 5.74) is 14.6. The van der Waals surface area contributed by atoms with Crippen molar-refractivity contribution in [3.63, 3.8) is 0 Å². The van der Waals surface area contributed by atoms with Crippen molar-refractivity contribution < 1.29 is 104 Å². The maximum absolute atomic E-state index is 14.4. The molecule has 5 aromatic carbocycles. The van der Waals surface area contributed by atoms with Crippen molar-refractivity contribution in [1.82, 2.24) is 50.1 Å². The van der Waals surface area contributed by atoms with Crippen LogP contribution < -0.4 is 55.0 Å². The number of carbonyl (C=O) groups is 5. The Hall–Kier alpha value is -10.4. The van der Waals surface area contributed by atoms with Gasteiger partial charge in [0.2, 0.25) is 0 Å². The van der Waals surface area contributed by atoms with Crippen LogP contribution >= 0.6 is 136 Å². The van der Waals surface area contributed by atoms with E-state index < -0.39 is 47.0 Å². The number of carbonyl (C=O) groups excluding carboxylic acids is 5. The molecule has 0 aliphatic rings. The number of rotatable bonds is 30. The van der Waals surface area contributed by atoms with E-state index in [4.69, 9.17) is 90.2 Å². The molecule has 137 heavy (non-hydrogen) atoms. The van der Waals surface area contributed by atoms with Gasteiger partial charge in [0.1, 0.15) is 45.3 Å². The fourth-order valence-corrected chi connectivity index (χ4v) is 17.6. The second-order valence-electron chi connectivity index (χ2n) is 30.1. The van der Waals surface area contributed by atoms with E-state index in [1.807, 2.05) is 104 Å². The minimum absolute atomic E-state index is 0.00688. The molecule has 10 heterocycles. The summed E-state index contributed by atoms with van der Waals surface area (Å²) in [7, 11) is 7.80. The van der Waals surface area contributed by atoms with Gasteiger partial charge < -0.3 is 75.8 Å². The van der Waals surface area contributed by atoms with Gasteiger partial charge in [0.15, 0.2) is 27.9 Å². The summed E-state index contributed by atoms with van der Waals surface area (Å²) in [6.07, 6.45) is 7.85. The van der Waals surface area contributed by atoms with Crippen LogP contribution in [0.4, 0.5) is 13.2 Å². The van der Waals surface area contributed by atoms with Crippen molar-refractivity contribution in [2.45, 2.75) is 52.4 Å². The van der Waals surface area contributed by atoms with Crippen LogP contribution in [0.5, 0.6) is 0 Å². The van der Waals surface area contributed by atoms with Gasteiger partial charge in [-0.1, -0.05) is 53.5 Å². The predicted octanol–water partition coefficient (Wildman–Crippen LogP) is 12.7. The molecular formula is C93H86Cl2F3I5N10O24. The quantitative estimate of drug-likeness (QED) is 0.0114. The lowest BCUT2D eigenvalue weighted by Crippen LogP contribution is -2.31. The average molecular weight is 2490 g/mol. The molecule has 0 saturated heterocycles. The van der Waals surface area contributed by atoms with E-state index in [-0.39, 0.29) is 209 Å². The molecule has 0 saturated carbocycles. The van der Waals surface area contributed by atoms with Crippen molar-refractivity contribution >= 4 is 221 Å². The van der Waals surface area contributed by atoms with Crippen LogP contribution in [-0.2, 0) is 86.7 Å². The summed E-state index contributed by atoms with van der Waals surface area (Å²) in [5.74, 6) is -4.14. The molecule has 722 valence electrons. The van der Waals surface area contributed by atoms with Crippen LogP contribution in [0.2, 0.25) is 10.0 Å². The van der Waals surface area contributed by atoms with Crippen LogP contribution in [-0.4, -0.2) is 144 Å². The highest BCUT2D eigenvalue weighted by molar-refractivity contribution is 14.1. The Bertz CT molecular complexity index is 6810. The van der Waals surface area contributed by atoms with E-state index in [2.05, 4.69) is 72.4 Å². The molecule has 0 unspecified atom stereocenters.